The molecule has 1 amide bonds. The van der Waals surface area contributed by atoms with Crippen LogP contribution < -0.4 is 0 Å². The number of aromatic nitrogens is 1. The SMILES string of the molecule is COC(=O)c1ccc(C(=O)N2CCO[C@H](CC3CCCCC3)C2)nc1. The molecule has 1 aliphatic carbocycles. The number of hydrogen-bond donors (Lipinski definition) is 0. The van der Waals surface area contributed by atoms with E-state index in [1.165, 1.54) is 45.4 Å². The summed E-state index contributed by atoms with van der Waals surface area (Å²) in [6.45, 7) is 1.78. The van der Waals surface area contributed by atoms with Crippen LogP contribution in [-0.4, -0.2) is 54.7 Å². The van der Waals surface area contributed by atoms with Crippen molar-refractivity contribution in [2.75, 3.05) is 26.8 Å². The largest absolute Gasteiger partial charge is 0.465 e. The van der Waals surface area contributed by atoms with Gasteiger partial charge < -0.3 is 14.4 Å². The summed E-state index contributed by atoms with van der Waals surface area (Å²) in [6.07, 6.45) is 9.09. The number of carbonyl (C=O) groups excluding carboxylic acids is 2. The predicted octanol–water partition coefficient (Wildman–Crippen LogP) is 2.68. The molecule has 0 aromatic carbocycles. The molecule has 0 unspecified atom stereocenters. The van der Waals surface area contributed by atoms with E-state index in [0.717, 1.165) is 12.3 Å². The summed E-state index contributed by atoms with van der Waals surface area (Å²) in [4.78, 5) is 30.1. The van der Waals surface area contributed by atoms with Gasteiger partial charge in [0.05, 0.1) is 25.4 Å². The Bertz CT molecular complexity index is 596. The zero-order valence-corrected chi connectivity index (χ0v) is 14.8. The van der Waals surface area contributed by atoms with E-state index in [0.29, 0.717) is 31.0 Å². The summed E-state index contributed by atoms with van der Waals surface area (Å²) < 4.78 is 10.5. The third kappa shape index (κ3) is 4.57. The Balaban J connectivity index is 1.58. The van der Waals surface area contributed by atoms with Crippen molar-refractivity contribution in [1.82, 2.24) is 9.88 Å². The molecule has 6 heteroatoms. The van der Waals surface area contributed by atoms with Gasteiger partial charge in [-0.2, -0.15) is 0 Å². The Labute approximate surface area is 148 Å². The van der Waals surface area contributed by atoms with Crippen LogP contribution in [0.1, 0.15) is 59.4 Å². The minimum absolute atomic E-state index is 0.103. The highest BCUT2D eigenvalue weighted by Gasteiger charge is 2.28. The molecule has 1 aliphatic heterocycles. The maximum atomic E-state index is 12.7. The molecule has 136 valence electrons. The molecule has 1 aromatic rings. The summed E-state index contributed by atoms with van der Waals surface area (Å²) in [7, 11) is 1.32. The number of methoxy groups -OCH3 is 1. The summed E-state index contributed by atoms with van der Waals surface area (Å²) >= 11 is 0. The van der Waals surface area contributed by atoms with Crippen molar-refractivity contribution < 1.29 is 19.1 Å². The van der Waals surface area contributed by atoms with Crippen LogP contribution in [0.3, 0.4) is 0 Å². The lowest BCUT2D eigenvalue weighted by Gasteiger charge is -2.35. The van der Waals surface area contributed by atoms with Gasteiger partial charge in [0.15, 0.2) is 0 Å². The standard InChI is InChI=1S/C19H26N2O4/c1-24-19(23)15-7-8-17(20-12-15)18(22)21-9-10-25-16(13-21)11-14-5-3-2-4-6-14/h7-8,12,14,16H,2-6,9-11,13H2,1H3/t16-/m1/s1. The summed E-state index contributed by atoms with van der Waals surface area (Å²) in [5, 5.41) is 0. The number of rotatable bonds is 4. The van der Waals surface area contributed by atoms with Gasteiger partial charge in [0.2, 0.25) is 0 Å². The highest BCUT2D eigenvalue weighted by molar-refractivity contribution is 5.94. The molecule has 2 aliphatic rings. The van der Waals surface area contributed by atoms with E-state index in [2.05, 4.69) is 9.72 Å². The average molecular weight is 346 g/mol. The third-order valence-corrected chi connectivity index (χ3v) is 5.15. The zero-order chi connectivity index (χ0) is 17.6. The molecule has 2 fully saturated rings. The van der Waals surface area contributed by atoms with Crippen LogP contribution >= 0.6 is 0 Å². The smallest absolute Gasteiger partial charge is 0.339 e. The Morgan fingerprint density at radius 3 is 2.76 bits per heavy atom. The van der Waals surface area contributed by atoms with E-state index < -0.39 is 5.97 Å². The van der Waals surface area contributed by atoms with Gasteiger partial charge >= 0.3 is 5.97 Å². The molecule has 0 bridgehead atoms. The predicted molar refractivity (Wildman–Crippen MR) is 92.4 cm³/mol. The van der Waals surface area contributed by atoms with E-state index in [1.807, 2.05) is 4.90 Å². The van der Waals surface area contributed by atoms with Gasteiger partial charge in [-0.25, -0.2) is 4.79 Å². The molecule has 6 nitrogen and oxygen atoms in total. The van der Waals surface area contributed by atoms with Gasteiger partial charge in [0.25, 0.3) is 5.91 Å². The molecule has 1 atom stereocenters. The first-order valence-electron chi connectivity index (χ1n) is 9.12. The molecule has 0 radical (unpaired) electrons. The molecule has 25 heavy (non-hydrogen) atoms. The van der Waals surface area contributed by atoms with Gasteiger partial charge in [-0.1, -0.05) is 32.1 Å². The van der Waals surface area contributed by atoms with Crippen molar-refractivity contribution >= 4 is 11.9 Å². The molecule has 1 aromatic heterocycles. The maximum Gasteiger partial charge on any atom is 0.339 e. The van der Waals surface area contributed by atoms with E-state index in [9.17, 15) is 9.59 Å². The highest BCUT2D eigenvalue weighted by Crippen LogP contribution is 2.29. The van der Waals surface area contributed by atoms with Crippen molar-refractivity contribution in [3.05, 3.63) is 29.6 Å². The number of amides is 1. The minimum Gasteiger partial charge on any atom is -0.465 e. The Morgan fingerprint density at radius 2 is 2.08 bits per heavy atom. The van der Waals surface area contributed by atoms with Crippen molar-refractivity contribution in [2.45, 2.75) is 44.6 Å². The van der Waals surface area contributed by atoms with Gasteiger partial charge in [-0.3, -0.25) is 9.78 Å². The average Bonchev–Trinajstić information content (AvgIpc) is 2.68. The number of hydrogen-bond acceptors (Lipinski definition) is 5. The van der Waals surface area contributed by atoms with Crippen LogP contribution in [0, 0.1) is 5.92 Å². The fourth-order valence-electron chi connectivity index (χ4n) is 3.76. The van der Waals surface area contributed by atoms with E-state index >= 15 is 0 Å². The lowest BCUT2D eigenvalue weighted by Crippen LogP contribution is -2.46. The van der Waals surface area contributed by atoms with Crippen LogP contribution in [0.5, 0.6) is 0 Å². The topological polar surface area (TPSA) is 68.7 Å². The monoisotopic (exact) mass is 346 g/mol. The van der Waals surface area contributed by atoms with Crippen LogP contribution in [0.15, 0.2) is 18.3 Å². The van der Waals surface area contributed by atoms with Crippen molar-refractivity contribution in [2.24, 2.45) is 5.92 Å². The normalized spacial score (nSPS) is 21.8. The van der Waals surface area contributed by atoms with Crippen molar-refractivity contribution in [3.8, 4) is 0 Å². The second-order valence-electron chi connectivity index (χ2n) is 6.91. The third-order valence-electron chi connectivity index (χ3n) is 5.15. The molecule has 3 rings (SSSR count). The lowest BCUT2D eigenvalue weighted by molar-refractivity contribution is -0.0338. The second-order valence-corrected chi connectivity index (χ2v) is 6.91. The summed E-state index contributed by atoms with van der Waals surface area (Å²) in [6, 6.07) is 3.16. The number of morpholine rings is 1. The quantitative estimate of drug-likeness (QED) is 0.784. The van der Waals surface area contributed by atoms with Crippen LogP contribution in [0.4, 0.5) is 0 Å². The highest BCUT2D eigenvalue weighted by atomic mass is 16.5. The molecular formula is C19H26N2O4. The molecule has 2 heterocycles. The fraction of sp³-hybridized carbons (Fsp3) is 0.632. The molecular weight excluding hydrogens is 320 g/mol. The number of esters is 1. The van der Waals surface area contributed by atoms with Gasteiger partial charge in [0.1, 0.15) is 5.69 Å². The van der Waals surface area contributed by atoms with Crippen LogP contribution in [0.25, 0.3) is 0 Å². The van der Waals surface area contributed by atoms with Gasteiger partial charge in [-0.05, 0) is 24.5 Å². The van der Waals surface area contributed by atoms with Crippen LogP contribution in [-0.2, 0) is 9.47 Å². The van der Waals surface area contributed by atoms with Crippen molar-refractivity contribution in [1.29, 1.82) is 0 Å². The summed E-state index contributed by atoms with van der Waals surface area (Å²) in [5.41, 5.74) is 0.696. The number of carbonyl (C=O) groups is 2. The number of pyridine rings is 1. The Morgan fingerprint density at radius 1 is 1.28 bits per heavy atom. The van der Waals surface area contributed by atoms with E-state index in [1.54, 1.807) is 12.1 Å². The van der Waals surface area contributed by atoms with Gasteiger partial charge in [-0.15, -0.1) is 0 Å². The second kappa shape index (κ2) is 8.43. The van der Waals surface area contributed by atoms with E-state index in [-0.39, 0.29) is 12.0 Å². The minimum atomic E-state index is -0.453. The first kappa shape index (κ1) is 17.9. The Kier molecular flexibility index (Phi) is 6.02. The van der Waals surface area contributed by atoms with E-state index in [4.69, 9.17) is 4.74 Å². The molecule has 0 spiro atoms. The fourth-order valence-corrected chi connectivity index (χ4v) is 3.76. The molecule has 0 N–H and O–H groups in total. The molecule has 1 saturated heterocycles. The first-order valence-corrected chi connectivity index (χ1v) is 9.12. The first-order chi connectivity index (χ1) is 12.2. The summed E-state index contributed by atoms with van der Waals surface area (Å²) in [5.74, 6) is 0.171. The molecule has 1 saturated carbocycles. The lowest BCUT2D eigenvalue weighted by atomic mass is 9.85. The van der Waals surface area contributed by atoms with Crippen molar-refractivity contribution in [3.63, 3.8) is 0 Å². The maximum absolute atomic E-state index is 12.7. The van der Waals surface area contributed by atoms with Crippen LogP contribution in [0.2, 0.25) is 0 Å². The number of ether oxygens (including phenoxy) is 2. The Hall–Kier alpha value is -1.95. The number of nitrogens with zero attached hydrogens (tertiary/aromatic N) is 2. The zero-order valence-electron chi connectivity index (χ0n) is 14.8. The van der Waals surface area contributed by atoms with Gasteiger partial charge in [0, 0.05) is 19.3 Å².